The largest absolute Gasteiger partial charge is 0.508 e. The van der Waals surface area contributed by atoms with Crippen LogP contribution >= 0.6 is 11.8 Å². The minimum absolute atomic E-state index is 0.0441. The highest BCUT2D eigenvalue weighted by Gasteiger charge is 2.20. The van der Waals surface area contributed by atoms with Gasteiger partial charge in [-0.05, 0) is 48.5 Å². The van der Waals surface area contributed by atoms with Crippen LogP contribution in [0, 0.1) is 6.92 Å². The number of para-hydroxylation sites is 2. The first-order chi connectivity index (χ1) is 15.5. The first kappa shape index (κ1) is 21.5. The smallest absolute Gasteiger partial charge is 0.317 e. The van der Waals surface area contributed by atoms with Crippen LogP contribution in [-0.2, 0) is 11.3 Å². The molecule has 0 radical (unpaired) electrons. The maximum absolute atomic E-state index is 12.3. The second-order valence-corrected chi connectivity index (χ2v) is 8.31. The van der Waals surface area contributed by atoms with E-state index in [1.54, 1.807) is 0 Å². The van der Waals surface area contributed by atoms with Gasteiger partial charge in [0.15, 0.2) is 11.0 Å². The molecule has 4 rings (SSSR count). The first-order valence-corrected chi connectivity index (χ1v) is 11.0. The van der Waals surface area contributed by atoms with Crippen molar-refractivity contribution in [3.8, 4) is 11.5 Å². The van der Waals surface area contributed by atoms with E-state index < -0.39 is 0 Å². The number of nitrogens with one attached hydrogen (secondary N) is 2. The van der Waals surface area contributed by atoms with Crippen molar-refractivity contribution in [3.05, 3.63) is 83.4 Å². The summed E-state index contributed by atoms with van der Waals surface area (Å²) in [4.78, 5) is 15.7. The number of aromatic nitrogens is 2. The van der Waals surface area contributed by atoms with Crippen LogP contribution in [0.25, 0.3) is 11.0 Å². The molecule has 0 aliphatic carbocycles. The summed E-state index contributed by atoms with van der Waals surface area (Å²) in [5.74, 6) is -0.269. The lowest BCUT2D eigenvalue weighted by Crippen LogP contribution is -2.36. The van der Waals surface area contributed by atoms with Crippen molar-refractivity contribution < 1.29 is 19.6 Å². The van der Waals surface area contributed by atoms with E-state index in [2.05, 4.69) is 57.3 Å². The van der Waals surface area contributed by atoms with E-state index in [1.165, 1.54) is 47.3 Å². The fraction of sp³-hybridized carbons (Fsp3) is 0.125. The molecule has 0 saturated carbocycles. The molecule has 0 saturated heterocycles. The van der Waals surface area contributed by atoms with Crippen LogP contribution < -0.4 is 9.99 Å². The third-order valence-corrected chi connectivity index (χ3v) is 5.89. The van der Waals surface area contributed by atoms with Crippen molar-refractivity contribution in [3.63, 3.8) is 0 Å². The number of fused-ring (bicyclic) bond motifs is 1. The Morgan fingerprint density at radius 1 is 1.12 bits per heavy atom. The Morgan fingerprint density at radius 3 is 2.69 bits per heavy atom. The number of rotatable bonds is 7. The number of aromatic amines is 1. The minimum Gasteiger partial charge on any atom is -0.508 e. The Labute approximate surface area is 189 Å². The highest BCUT2D eigenvalue weighted by Crippen LogP contribution is 2.21. The van der Waals surface area contributed by atoms with Crippen LogP contribution in [0.1, 0.15) is 16.7 Å². The fourth-order valence-corrected chi connectivity index (χ4v) is 4.07. The van der Waals surface area contributed by atoms with Gasteiger partial charge < -0.3 is 10.2 Å². The monoisotopic (exact) mass is 447 g/mol. The Hall–Kier alpha value is -3.78. The van der Waals surface area contributed by atoms with Gasteiger partial charge in [0.25, 0.3) is 5.91 Å². The van der Waals surface area contributed by atoms with Crippen LogP contribution in [0.2, 0.25) is 0 Å². The molecule has 0 bridgehead atoms. The number of hydrazone groups is 1. The summed E-state index contributed by atoms with van der Waals surface area (Å²) in [6.45, 7) is 2.75. The quantitative estimate of drug-likeness (QED) is 0.151. The molecular weight excluding hydrogens is 424 g/mol. The Balaban J connectivity index is 1.44. The zero-order chi connectivity index (χ0) is 22.5. The molecule has 1 amide bonds. The number of nitrogens with zero attached hydrogens (tertiary/aromatic N) is 2. The van der Waals surface area contributed by atoms with Crippen LogP contribution in [0.15, 0.2) is 77.0 Å². The van der Waals surface area contributed by atoms with Gasteiger partial charge in [0.05, 0.1) is 12.0 Å². The molecule has 0 aliphatic heterocycles. The molecule has 162 valence electrons. The number of hydrogen-bond acceptors (Lipinski definition) is 5. The van der Waals surface area contributed by atoms with Crippen LogP contribution in [0.4, 0.5) is 0 Å². The zero-order valence-electron chi connectivity index (χ0n) is 17.4. The average molecular weight is 448 g/mol. The molecule has 0 aliphatic rings. The van der Waals surface area contributed by atoms with E-state index in [0.29, 0.717) is 12.1 Å². The third kappa shape index (κ3) is 5.09. The average Bonchev–Trinajstić information content (AvgIpc) is 3.13. The standard InChI is InChI=1S/C24H22N4O3S/c1-16-6-8-17(9-7-16)14-28-21-5-3-2-4-20(21)26-24(28)32-15-23(31)27-25-13-18-10-11-19(29)12-22(18)30/h2-13H,14-15H2,1H3,(H3,25,27,29,30,31)/p+1. The fourth-order valence-electron chi connectivity index (χ4n) is 3.24. The van der Waals surface area contributed by atoms with Gasteiger partial charge >= 0.3 is 5.16 Å². The Morgan fingerprint density at radius 2 is 1.91 bits per heavy atom. The van der Waals surface area contributed by atoms with Gasteiger partial charge in [-0.25, -0.2) is 15.0 Å². The summed E-state index contributed by atoms with van der Waals surface area (Å²) >= 11 is 1.39. The lowest BCUT2D eigenvalue weighted by atomic mass is 10.1. The number of carbonyl (C=O) groups is 1. The van der Waals surface area contributed by atoms with E-state index in [1.807, 2.05) is 18.2 Å². The second-order valence-electron chi connectivity index (χ2n) is 7.34. The van der Waals surface area contributed by atoms with E-state index in [0.717, 1.165) is 16.2 Å². The number of aromatic hydroxyl groups is 2. The molecule has 0 atom stereocenters. The van der Waals surface area contributed by atoms with Gasteiger partial charge in [-0.3, -0.25) is 4.79 Å². The van der Waals surface area contributed by atoms with Gasteiger partial charge in [-0.15, -0.1) is 0 Å². The number of H-pyrrole nitrogens is 1. The topological polar surface area (TPSA) is 102 Å². The van der Waals surface area contributed by atoms with E-state index in [4.69, 9.17) is 0 Å². The molecule has 0 fully saturated rings. The van der Waals surface area contributed by atoms with Crippen molar-refractivity contribution >= 4 is 34.9 Å². The van der Waals surface area contributed by atoms with E-state index in [9.17, 15) is 15.0 Å². The number of aryl methyl sites for hydroxylation is 1. The molecule has 7 nitrogen and oxygen atoms in total. The van der Waals surface area contributed by atoms with Gasteiger partial charge in [0.2, 0.25) is 0 Å². The van der Waals surface area contributed by atoms with Crippen molar-refractivity contribution in [1.82, 2.24) is 10.4 Å². The van der Waals surface area contributed by atoms with Gasteiger partial charge in [-0.2, -0.15) is 5.10 Å². The van der Waals surface area contributed by atoms with Crippen molar-refractivity contribution in [2.24, 2.45) is 5.10 Å². The predicted molar refractivity (Wildman–Crippen MR) is 125 cm³/mol. The zero-order valence-corrected chi connectivity index (χ0v) is 18.3. The van der Waals surface area contributed by atoms with Gasteiger partial charge in [0, 0.05) is 11.6 Å². The van der Waals surface area contributed by atoms with Crippen molar-refractivity contribution in [2.45, 2.75) is 18.6 Å². The minimum atomic E-state index is -0.273. The van der Waals surface area contributed by atoms with Crippen LogP contribution in [0.3, 0.4) is 0 Å². The van der Waals surface area contributed by atoms with Crippen molar-refractivity contribution in [2.75, 3.05) is 5.75 Å². The number of thioether (sulfide) groups is 1. The Bertz CT molecular complexity index is 1280. The van der Waals surface area contributed by atoms with Crippen LogP contribution in [0.5, 0.6) is 11.5 Å². The predicted octanol–water partition coefficient (Wildman–Crippen LogP) is 3.47. The summed E-state index contributed by atoms with van der Waals surface area (Å²) < 4.78 is 2.16. The number of phenols is 2. The molecule has 1 aromatic heterocycles. The second kappa shape index (κ2) is 9.57. The third-order valence-electron chi connectivity index (χ3n) is 4.89. The lowest BCUT2D eigenvalue weighted by molar-refractivity contribution is -0.700. The maximum Gasteiger partial charge on any atom is 0.317 e. The lowest BCUT2D eigenvalue weighted by Gasteiger charge is -2.03. The first-order valence-electron chi connectivity index (χ1n) is 10.0. The summed E-state index contributed by atoms with van der Waals surface area (Å²) in [5, 5.41) is 23.9. The SMILES string of the molecule is Cc1ccc(C[n+]2c(SCC(=O)NN=Cc3ccc(O)cc3O)[nH]c3ccccc32)cc1. The molecular formula is C24H23N4O3S+. The number of benzene rings is 3. The molecule has 8 heteroatoms. The van der Waals surface area contributed by atoms with Gasteiger partial charge in [-0.1, -0.05) is 42.0 Å². The molecule has 4 aromatic rings. The highest BCUT2D eigenvalue weighted by atomic mass is 32.2. The van der Waals surface area contributed by atoms with Crippen LogP contribution in [-0.4, -0.2) is 33.1 Å². The molecule has 32 heavy (non-hydrogen) atoms. The highest BCUT2D eigenvalue weighted by molar-refractivity contribution is 7.99. The summed E-state index contributed by atoms with van der Waals surface area (Å²) in [6, 6.07) is 20.6. The number of hydrogen-bond donors (Lipinski definition) is 4. The van der Waals surface area contributed by atoms with E-state index >= 15 is 0 Å². The Kier molecular flexibility index (Phi) is 6.42. The number of amides is 1. The summed E-state index contributed by atoms with van der Waals surface area (Å²) in [5.41, 5.74) is 7.31. The summed E-state index contributed by atoms with van der Waals surface area (Å²) in [7, 11) is 0. The summed E-state index contributed by atoms with van der Waals surface area (Å²) in [6.07, 6.45) is 1.33. The van der Waals surface area contributed by atoms with Gasteiger partial charge in [0.1, 0.15) is 18.0 Å². The molecule has 0 unspecified atom stereocenters. The molecule has 1 heterocycles. The number of imidazole rings is 1. The number of phenolic OH excluding ortho intramolecular Hbond substituents is 2. The normalized spacial score (nSPS) is 11.3. The molecule has 0 spiro atoms. The molecule has 4 N–H and O–H groups in total. The maximum atomic E-state index is 12.3. The van der Waals surface area contributed by atoms with Crippen molar-refractivity contribution in [1.29, 1.82) is 0 Å². The molecule has 3 aromatic carbocycles. The number of carbonyl (C=O) groups excluding carboxylic acids is 1. The van der Waals surface area contributed by atoms with E-state index in [-0.39, 0.29) is 23.2 Å².